The second-order valence-corrected chi connectivity index (χ2v) is 15.4. The van der Waals surface area contributed by atoms with E-state index >= 15 is 0 Å². The number of piperidine rings is 1. The molecule has 0 atom stereocenters. The van der Waals surface area contributed by atoms with Crippen molar-refractivity contribution in [1.82, 2.24) is 28.9 Å². The molecule has 0 spiro atoms. The van der Waals surface area contributed by atoms with Crippen molar-refractivity contribution in [2.45, 2.75) is 36.9 Å². The second-order valence-electron chi connectivity index (χ2n) is 14.0. The molecule has 3 aromatic carbocycles. The Morgan fingerprint density at radius 1 is 0.982 bits per heavy atom. The molecule has 6 rings (SSSR count). The van der Waals surface area contributed by atoms with Crippen molar-refractivity contribution in [3.8, 4) is 22.9 Å². The maximum Gasteiger partial charge on any atom is 0.416 e. The minimum Gasteiger partial charge on any atom is -0.744 e. The third-order valence-corrected chi connectivity index (χ3v) is 9.69. The molecule has 1 N–H and O–H groups in total. The zero-order valence-electron chi connectivity index (χ0n) is 30.9. The number of likely N-dealkylation sites (tertiary alicyclic amines) is 1. The summed E-state index contributed by atoms with van der Waals surface area (Å²) in [7, 11) is 1.54. The van der Waals surface area contributed by atoms with Crippen LogP contribution in [0.25, 0.3) is 27.7 Å². The molecule has 1 fully saturated rings. The van der Waals surface area contributed by atoms with E-state index in [0.29, 0.717) is 48.3 Å². The monoisotopic (exact) mass is 792 g/mol. The molecule has 1 aliphatic rings. The number of rotatable bonds is 7. The smallest absolute Gasteiger partial charge is 0.416 e. The van der Waals surface area contributed by atoms with Crippen LogP contribution in [0.5, 0.6) is 0 Å². The number of imidazole rings is 2. The summed E-state index contributed by atoms with van der Waals surface area (Å²) in [5.74, 6) is 0.215. The van der Waals surface area contributed by atoms with Gasteiger partial charge in [-0.3, -0.25) is 13.9 Å². The number of aromatic nitrogens is 4. The third kappa shape index (κ3) is 9.60. The van der Waals surface area contributed by atoms with Crippen LogP contribution in [0.15, 0.2) is 101 Å². The second kappa shape index (κ2) is 16.4. The van der Waals surface area contributed by atoms with Gasteiger partial charge in [0.1, 0.15) is 15.8 Å². The van der Waals surface area contributed by atoms with Gasteiger partial charge in [-0.05, 0) is 62.2 Å². The highest BCUT2D eigenvalue weighted by atomic mass is 32.2. The Labute approximate surface area is 321 Å². The molecule has 1 aliphatic heterocycles. The van der Waals surface area contributed by atoms with Gasteiger partial charge in [0.05, 0.1) is 49.6 Å². The molecular weight excluding hydrogens is 754 g/mol. The molecule has 14 nitrogen and oxygen atoms in total. The van der Waals surface area contributed by atoms with E-state index in [1.54, 1.807) is 52.9 Å². The Morgan fingerprint density at radius 3 is 2.18 bits per heavy atom. The van der Waals surface area contributed by atoms with Crippen molar-refractivity contribution < 1.29 is 40.2 Å². The summed E-state index contributed by atoms with van der Waals surface area (Å²) in [5, 5.41) is 2.91. The molecule has 0 saturated carbocycles. The first-order chi connectivity index (χ1) is 26.3. The van der Waals surface area contributed by atoms with Gasteiger partial charge in [0.15, 0.2) is 18.1 Å². The fourth-order valence-electron chi connectivity index (χ4n) is 6.16. The van der Waals surface area contributed by atoms with Crippen LogP contribution in [-0.4, -0.2) is 99.8 Å². The summed E-state index contributed by atoms with van der Waals surface area (Å²) >= 11 is 0. The number of halogens is 3. The van der Waals surface area contributed by atoms with Crippen LogP contribution < -0.4 is 11.0 Å². The van der Waals surface area contributed by atoms with E-state index in [0.717, 1.165) is 21.3 Å². The SMILES string of the molecule is O=S(=O)([O-])c1ccccc1.[C-]#[N+]c1ccc(-n2ccnc2-c2c(C)n(-c3cccc(C(F)(F)F)c3)c(=O)n2C(=O)NC2CCN(C(=O)C[N+](C)(C)C)CC2)cc1. The van der Waals surface area contributed by atoms with Crippen molar-refractivity contribution in [2.24, 2.45) is 0 Å². The van der Waals surface area contributed by atoms with Crippen LogP contribution in [0.2, 0.25) is 0 Å². The van der Waals surface area contributed by atoms with Gasteiger partial charge in [-0.2, -0.15) is 13.2 Å². The number of amides is 2. The van der Waals surface area contributed by atoms with Crippen LogP contribution in [0.4, 0.5) is 23.7 Å². The average Bonchev–Trinajstić information content (AvgIpc) is 3.72. The lowest BCUT2D eigenvalue weighted by Gasteiger charge is -2.34. The largest absolute Gasteiger partial charge is 0.744 e. The first-order valence-corrected chi connectivity index (χ1v) is 18.6. The van der Waals surface area contributed by atoms with Crippen LogP contribution in [0.1, 0.15) is 24.1 Å². The van der Waals surface area contributed by atoms with Gasteiger partial charge in [0.25, 0.3) is 5.91 Å². The summed E-state index contributed by atoms with van der Waals surface area (Å²) in [6.07, 6.45) is -0.609. The van der Waals surface area contributed by atoms with Crippen molar-refractivity contribution in [2.75, 3.05) is 40.8 Å². The summed E-state index contributed by atoms with van der Waals surface area (Å²) in [5.41, 5.74) is -0.565. The standard InChI is InChI=1S/C32H33F3N8O3.C6H6O3S/c1-21-28(29-37-15-18-40(29)25-11-9-23(36-2)10-12-25)42(31(46)41(21)26-8-6-7-22(19-26)32(33,34)35)30(45)38-24-13-16-39(17-14-24)27(44)20-43(3,4)5;7-10(8,9)6-4-2-1-3-5-6/h6-12,15,18-19,24H,13-14,16-17,20H2,1,3-5H3;1-5H,(H,7,8,9). The number of carbonyl (C=O) groups excluding carboxylic acids is 2. The first-order valence-electron chi connectivity index (χ1n) is 17.2. The lowest BCUT2D eigenvalue weighted by Crippen LogP contribution is -2.52. The van der Waals surface area contributed by atoms with Gasteiger partial charge in [-0.1, -0.05) is 36.4 Å². The molecule has 0 unspecified atom stereocenters. The van der Waals surface area contributed by atoms with Gasteiger partial charge >= 0.3 is 17.9 Å². The van der Waals surface area contributed by atoms with Crippen molar-refractivity contribution in [3.63, 3.8) is 0 Å². The zero-order chi connectivity index (χ0) is 41.0. The molecule has 18 heteroatoms. The lowest BCUT2D eigenvalue weighted by molar-refractivity contribution is -0.862. The fraction of sp³-hybridized carbons (Fsp3) is 0.289. The van der Waals surface area contributed by atoms with Crippen LogP contribution in [0, 0.1) is 13.5 Å². The molecule has 2 aromatic heterocycles. The average molecular weight is 793 g/mol. The molecular formula is C38H39F3N8O6S. The summed E-state index contributed by atoms with van der Waals surface area (Å²) in [4.78, 5) is 50.1. The van der Waals surface area contributed by atoms with Crippen molar-refractivity contribution in [3.05, 3.63) is 124 Å². The van der Waals surface area contributed by atoms with Crippen molar-refractivity contribution >= 4 is 27.7 Å². The maximum atomic E-state index is 14.0. The van der Waals surface area contributed by atoms with Crippen molar-refractivity contribution in [1.29, 1.82) is 0 Å². The van der Waals surface area contributed by atoms with E-state index in [-0.39, 0.29) is 39.7 Å². The number of carbonyl (C=O) groups is 2. The minimum absolute atomic E-state index is 0.0147. The van der Waals surface area contributed by atoms with Gasteiger partial charge in [-0.15, -0.1) is 0 Å². The van der Waals surface area contributed by atoms with Gasteiger partial charge in [0, 0.05) is 37.2 Å². The number of hydrogen-bond acceptors (Lipinski definition) is 7. The Morgan fingerprint density at radius 2 is 1.62 bits per heavy atom. The van der Waals surface area contributed by atoms with Crippen LogP contribution in [-0.2, 0) is 21.1 Å². The molecule has 5 aromatic rings. The molecule has 3 heterocycles. The van der Waals surface area contributed by atoms with E-state index in [1.807, 2.05) is 21.1 Å². The molecule has 1 saturated heterocycles. The Hall–Kier alpha value is -6.03. The molecule has 56 heavy (non-hydrogen) atoms. The van der Waals surface area contributed by atoms with E-state index in [1.165, 1.54) is 42.6 Å². The highest BCUT2D eigenvalue weighted by molar-refractivity contribution is 7.85. The lowest BCUT2D eigenvalue weighted by atomic mass is 10.1. The summed E-state index contributed by atoms with van der Waals surface area (Å²) in [6.45, 7) is 9.98. The fourth-order valence-corrected chi connectivity index (χ4v) is 6.65. The maximum absolute atomic E-state index is 14.0. The normalized spacial score (nSPS) is 13.7. The number of alkyl halides is 3. The quantitative estimate of drug-likeness (QED) is 0.135. The number of likely N-dealkylation sites (N-methyl/N-ethyl adjacent to an activating group) is 1. The minimum atomic E-state index is -4.65. The van der Waals surface area contributed by atoms with Crippen LogP contribution in [0.3, 0.4) is 0 Å². The van der Waals surface area contributed by atoms with Gasteiger partial charge in [-0.25, -0.2) is 32.4 Å². The molecule has 2 amide bonds. The van der Waals surface area contributed by atoms with E-state index in [2.05, 4.69) is 15.1 Å². The molecule has 0 bridgehead atoms. The number of nitrogens with zero attached hydrogens (tertiary/aromatic N) is 7. The Balaban J connectivity index is 0.000000522. The van der Waals surface area contributed by atoms with E-state index in [9.17, 15) is 40.5 Å². The molecule has 0 radical (unpaired) electrons. The Bertz CT molecular complexity index is 2420. The van der Waals surface area contributed by atoms with E-state index < -0.39 is 33.6 Å². The number of benzene rings is 3. The first kappa shape index (κ1) is 41.1. The third-order valence-electron chi connectivity index (χ3n) is 8.85. The Kier molecular flexibility index (Phi) is 12.0. The predicted molar refractivity (Wildman–Crippen MR) is 199 cm³/mol. The molecule has 294 valence electrons. The predicted octanol–water partition coefficient (Wildman–Crippen LogP) is 5.22. The zero-order valence-corrected chi connectivity index (χ0v) is 31.7. The number of quaternary nitrogens is 1. The van der Waals surface area contributed by atoms with Gasteiger partial charge < -0.3 is 19.3 Å². The highest BCUT2D eigenvalue weighted by Crippen LogP contribution is 2.32. The summed E-state index contributed by atoms with van der Waals surface area (Å²) in [6, 6.07) is 17.0. The summed E-state index contributed by atoms with van der Waals surface area (Å²) < 4.78 is 75.8. The van der Waals surface area contributed by atoms with Gasteiger partial charge in [0.2, 0.25) is 0 Å². The number of nitrogens with one attached hydrogen (secondary N) is 1. The highest BCUT2D eigenvalue weighted by Gasteiger charge is 2.33. The van der Waals surface area contributed by atoms with E-state index in [4.69, 9.17) is 6.57 Å². The van der Waals surface area contributed by atoms with Crippen LogP contribution >= 0.6 is 0 Å². The number of hydrogen-bond donors (Lipinski definition) is 1. The topological polar surface area (TPSA) is 156 Å². The molecule has 0 aliphatic carbocycles.